The van der Waals surface area contributed by atoms with Crippen LogP contribution < -0.4 is 14.2 Å². The average Bonchev–Trinajstić information content (AvgIpc) is 3.52. The predicted octanol–water partition coefficient (Wildman–Crippen LogP) is 12.5. The molecule has 0 saturated heterocycles. The van der Waals surface area contributed by atoms with E-state index in [0.717, 1.165) is 57.9 Å². The zero-order valence-electron chi connectivity index (χ0n) is 29.6. The van der Waals surface area contributed by atoms with Crippen LogP contribution in [0.4, 0.5) is 0 Å². The van der Waals surface area contributed by atoms with Crippen molar-refractivity contribution in [3.63, 3.8) is 0 Å². The van der Waals surface area contributed by atoms with Crippen molar-refractivity contribution in [1.29, 1.82) is 0 Å². The maximum Gasteiger partial charge on any atom is 0.135 e. The number of rotatable bonds is 10. The van der Waals surface area contributed by atoms with Gasteiger partial charge in [0.1, 0.15) is 35.0 Å². The number of benzene rings is 5. The summed E-state index contributed by atoms with van der Waals surface area (Å²) in [6, 6.07) is 37.0. The highest BCUT2D eigenvalue weighted by Gasteiger charge is 2.15. The summed E-state index contributed by atoms with van der Waals surface area (Å²) in [5.41, 5.74) is 7.73. The predicted molar refractivity (Wildman–Crippen MR) is 200 cm³/mol. The quantitative estimate of drug-likeness (QED) is 0.151. The molecule has 0 saturated carbocycles. The number of ether oxygens (including phenoxy) is 3. The van der Waals surface area contributed by atoms with Crippen molar-refractivity contribution in [3.05, 3.63) is 126 Å². The molecule has 6 rings (SSSR count). The number of aryl methyl sites for hydroxylation is 2. The Bertz CT molecular complexity index is 1750. The molecular formula is C43H52O4. The molecular weight excluding hydrogens is 580 g/mol. The first-order valence-electron chi connectivity index (χ1n) is 17.2. The Balaban J connectivity index is 0.000000240. The zero-order valence-corrected chi connectivity index (χ0v) is 29.6. The van der Waals surface area contributed by atoms with Gasteiger partial charge in [0.25, 0.3) is 0 Å². The third-order valence-corrected chi connectivity index (χ3v) is 7.43. The number of hydrogen-bond donors (Lipinski definition) is 0. The first-order valence-corrected chi connectivity index (χ1v) is 17.2. The Hall–Kier alpha value is -4.70. The molecule has 0 aliphatic heterocycles. The Morgan fingerprint density at radius 2 is 1.15 bits per heavy atom. The van der Waals surface area contributed by atoms with Crippen LogP contribution in [0.25, 0.3) is 33.1 Å². The van der Waals surface area contributed by atoms with Gasteiger partial charge >= 0.3 is 0 Å². The van der Waals surface area contributed by atoms with Gasteiger partial charge in [-0.3, -0.25) is 0 Å². The summed E-state index contributed by atoms with van der Waals surface area (Å²) in [7, 11) is 0. The van der Waals surface area contributed by atoms with E-state index in [1.165, 1.54) is 21.9 Å². The van der Waals surface area contributed by atoms with Gasteiger partial charge in [-0.25, -0.2) is 0 Å². The van der Waals surface area contributed by atoms with E-state index in [2.05, 4.69) is 62.4 Å². The van der Waals surface area contributed by atoms with E-state index in [4.69, 9.17) is 18.6 Å². The van der Waals surface area contributed by atoms with Crippen LogP contribution in [0, 0.1) is 0 Å². The van der Waals surface area contributed by atoms with Crippen LogP contribution in [-0.4, -0.2) is 13.2 Å². The van der Waals surface area contributed by atoms with E-state index in [1.54, 1.807) is 0 Å². The van der Waals surface area contributed by atoms with Gasteiger partial charge in [-0.05, 0) is 67.6 Å². The van der Waals surface area contributed by atoms with Crippen molar-refractivity contribution in [2.45, 2.75) is 74.8 Å². The molecule has 0 unspecified atom stereocenters. The second kappa shape index (κ2) is 19.7. The second-order valence-electron chi connectivity index (χ2n) is 10.2. The van der Waals surface area contributed by atoms with E-state index >= 15 is 0 Å². The lowest BCUT2D eigenvalue weighted by molar-refractivity contribution is 0.300. The minimum atomic E-state index is 0.539. The minimum absolute atomic E-state index is 0.539. The summed E-state index contributed by atoms with van der Waals surface area (Å²) in [6.45, 7) is 18.2. The lowest BCUT2D eigenvalue weighted by Gasteiger charge is -2.17. The molecule has 0 aliphatic carbocycles. The fourth-order valence-electron chi connectivity index (χ4n) is 5.38. The highest BCUT2D eigenvalue weighted by atomic mass is 16.5. The van der Waals surface area contributed by atoms with Crippen LogP contribution in [0.2, 0.25) is 0 Å². The molecule has 1 aromatic heterocycles. The topological polar surface area (TPSA) is 40.8 Å². The summed E-state index contributed by atoms with van der Waals surface area (Å²) >= 11 is 0. The SMILES string of the molecule is CC.CC.CCOc1cc(OCc2ccccc2)c(-c2ccccc2)cc1CC.CCOc1ccc2oc3ccccc3c2c1CC. The lowest BCUT2D eigenvalue weighted by atomic mass is 10.00. The molecule has 5 aromatic carbocycles. The van der Waals surface area contributed by atoms with E-state index in [1.807, 2.05) is 102 Å². The Morgan fingerprint density at radius 3 is 1.79 bits per heavy atom. The molecule has 0 spiro atoms. The van der Waals surface area contributed by atoms with Gasteiger partial charge in [0, 0.05) is 28.0 Å². The number of fused-ring (bicyclic) bond motifs is 3. The number of furan rings is 1. The van der Waals surface area contributed by atoms with Gasteiger partial charge < -0.3 is 18.6 Å². The Labute approximate surface area is 282 Å². The Morgan fingerprint density at radius 1 is 0.532 bits per heavy atom. The van der Waals surface area contributed by atoms with Crippen LogP contribution in [0.3, 0.4) is 0 Å². The summed E-state index contributed by atoms with van der Waals surface area (Å²) in [5, 5.41) is 2.37. The smallest absolute Gasteiger partial charge is 0.135 e. The molecule has 0 bridgehead atoms. The van der Waals surface area contributed by atoms with Crippen molar-refractivity contribution >= 4 is 21.9 Å². The van der Waals surface area contributed by atoms with Crippen molar-refractivity contribution in [3.8, 4) is 28.4 Å². The molecule has 0 aliphatic rings. The highest BCUT2D eigenvalue weighted by molar-refractivity contribution is 6.07. The van der Waals surface area contributed by atoms with Gasteiger partial charge in [-0.2, -0.15) is 0 Å². The molecule has 0 N–H and O–H groups in total. The van der Waals surface area contributed by atoms with Crippen LogP contribution in [0.1, 0.15) is 72.1 Å². The molecule has 0 fully saturated rings. The standard InChI is InChI=1S/C23H24O2.C16H16O2.2C2H6/c1-3-19-15-21(20-13-9-6-10-14-20)23(16-22(19)24-4-2)25-17-18-11-7-5-8-12-18;1-3-11-13(17-4-2)9-10-15-16(11)12-7-5-6-8-14(12)18-15;2*1-2/h5-16H,3-4,17H2,1-2H3;5-10H,3-4H2,1-2H3;2*1-2H3. The highest BCUT2D eigenvalue weighted by Crippen LogP contribution is 2.38. The first-order chi connectivity index (χ1) is 23.2. The van der Waals surface area contributed by atoms with Crippen LogP contribution in [0.15, 0.2) is 114 Å². The maximum absolute atomic E-state index is 6.18. The van der Waals surface area contributed by atoms with Gasteiger partial charge in [0.2, 0.25) is 0 Å². The van der Waals surface area contributed by atoms with Gasteiger partial charge in [-0.15, -0.1) is 0 Å². The maximum atomic E-state index is 6.18. The summed E-state index contributed by atoms with van der Waals surface area (Å²) in [4.78, 5) is 0. The van der Waals surface area contributed by atoms with E-state index in [9.17, 15) is 0 Å². The molecule has 6 aromatic rings. The van der Waals surface area contributed by atoms with E-state index in [0.29, 0.717) is 19.8 Å². The monoisotopic (exact) mass is 632 g/mol. The van der Waals surface area contributed by atoms with Crippen molar-refractivity contribution in [2.75, 3.05) is 13.2 Å². The van der Waals surface area contributed by atoms with Gasteiger partial charge in [-0.1, -0.05) is 120 Å². The van der Waals surface area contributed by atoms with Crippen LogP contribution in [0.5, 0.6) is 17.2 Å². The van der Waals surface area contributed by atoms with Crippen molar-refractivity contribution < 1.29 is 18.6 Å². The van der Waals surface area contributed by atoms with Gasteiger partial charge in [0.15, 0.2) is 0 Å². The molecule has 248 valence electrons. The third-order valence-electron chi connectivity index (χ3n) is 7.43. The second-order valence-corrected chi connectivity index (χ2v) is 10.2. The molecule has 0 amide bonds. The normalized spacial score (nSPS) is 10.1. The average molecular weight is 633 g/mol. The number of hydrogen-bond acceptors (Lipinski definition) is 4. The van der Waals surface area contributed by atoms with Crippen LogP contribution in [-0.2, 0) is 19.4 Å². The largest absolute Gasteiger partial charge is 0.494 e. The van der Waals surface area contributed by atoms with Crippen molar-refractivity contribution in [2.24, 2.45) is 0 Å². The fraction of sp³-hybridized carbons (Fsp3) is 0.302. The molecule has 0 radical (unpaired) electrons. The van der Waals surface area contributed by atoms with Gasteiger partial charge in [0.05, 0.1) is 13.2 Å². The van der Waals surface area contributed by atoms with E-state index < -0.39 is 0 Å². The molecule has 47 heavy (non-hydrogen) atoms. The fourth-order valence-corrected chi connectivity index (χ4v) is 5.38. The van der Waals surface area contributed by atoms with Crippen molar-refractivity contribution in [1.82, 2.24) is 0 Å². The molecule has 1 heterocycles. The lowest BCUT2D eigenvalue weighted by Crippen LogP contribution is -2.01. The summed E-state index contributed by atoms with van der Waals surface area (Å²) in [6.07, 6.45) is 1.87. The molecule has 4 nitrogen and oxygen atoms in total. The zero-order chi connectivity index (χ0) is 34.0. The number of para-hydroxylation sites is 1. The minimum Gasteiger partial charge on any atom is -0.494 e. The van der Waals surface area contributed by atoms with E-state index in [-0.39, 0.29) is 0 Å². The van der Waals surface area contributed by atoms with Crippen LogP contribution >= 0.6 is 0 Å². The molecule has 0 atom stereocenters. The summed E-state index contributed by atoms with van der Waals surface area (Å²) < 4.78 is 23.6. The first kappa shape index (κ1) is 36.8. The molecule has 4 heteroatoms. The summed E-state index contributed by atoms with van der Waals surface area (Å²) in [5.74, 6) is 2.74. The Kier molecular flexibility index (Phi) is 15.4. The third kappa shape index (κ3) is 9.42.